The highest BCUT2D eigenvalue weighted by atomic mass is 14.7. The van der Waals surface area contributed by atoms with Gasteiger partial charge < -0.3 is 0 Å². The van der Waals surface area contributed by atoms with Crippen LogP contribution in [0.3, 0.4) is 0 Å². The maximum absolute atomic E-state index is 2.49. The molecule has 0 aromatic heterocycles. The van der Waals surface area contributed by atoms with Crippen molar-refractivity contribution in [2.45, 2.75) is 87.9 Å². The summed E-state index contributed by atoms with van der Waals surface area (Å²) in [5.74, 6) is 3.99. The van der Waals surface area contributed by atoms with Crippen molar-refractivity contribution in [1.82, 2.24) is 0 Å². The van der Waals surface area contributed by atoms with Gasteiger partial charge in [0.15, 0.2) is 0 Å². The highest BCUT2D eigenvalue weighted by Gasteiger charge is 2.70. The minimum Gasteiger partial charge on any atom is -0.0622 e. The predicted octanol–water partition coefficient (Wildman–Crippen LogP) is 8.06. The molecular formula is C32H38. The van der Waals surface area contributed by atoms with Gasteiger partial charge in [0.1, 0.15) is 0 Å². The van der Waals surface area contributed by atoms with E-state index in [4.69, 9.17) is 0 Å². The lowest BCUT2D eigenvalue weighted by atomic mass is 9.30. The molecule has 0 amide bonds. The van der Waals surface area contributed by atoms with Gasteiger partial charge in [-0.15, -0.1) is 0 Å². The Kier molecular flexibility index (Phi) is 3.59. The largest absolute Gasteiger partial charge is 0.0622 e. The quantitative estimate of drug-likeness (QED) is 0.469. The van der Waals surface area contributed by atoms with Crippen LogP contribution in [0.2, 0.25) is 0 Å². The molecule has 2 aromatic rings. The molecule has 0 heteroatoms. The van der Waals surface area contributed by atoms with Crippen LogP contribution in [-0.2, 0) is 10.8 Å². The van der Waals surface area contributed by atoms with Gasteiger partial charge in [0, 0.05) is 0 Å². The van der Waals surface area contributed by atoms with Crippen molar-refractivity contribution in [3.63, 3.8) is 0 Å². The van der Waals surface area contributed by atoms with Gasteiger partial charge in [-0.1, -0.05) is 60.7 Å². The molecule has 0 aliphatic heterocycles. The highest BCUT2D eigenvalue weighted by Crippen LogP contribution is 2.78. The van der Waals surface area contributed by atoms with E-state index < -0.39 is 0 Å². The normalized spacial score (nSPS) is 50.1. The summed E-state index contributed by atoms with van der Waals surface area (Å²) < 4.78 is 0. The van der Waals surface area contributed by atoms with Crippen molar-refractivity contribution in [1.29, 1.82) is 0 Å². The first-order valence-electron chi connectivity index (χ1n) is 13.7. The lowest BCUT2D eigenvalue weighted by Crippen LogP contribution is -2.66. The zero-order valence-corrected chi connectivity index (χ0v) is 19.6. The van der Waals surface area contributed by atoms with Crippen LogP contribution in [-0.4, -0.2) is 0 Å². The Bertz CT molecular complexity index is 919. The van der Waals surface area contributed by atoms with Gasteiger partial charge in [-0.3, -0.25) is 0 Å². The number of hydrogen-bond acceptors (Lipinski definition) is 0. The summed E-state index contributed by atoms with van der Waals surface area (Å²) in [5, 5.41) is 0. The van der Waals surface area contributed by atoms with E-state index >= 15 is 0 Å². The molecule has 166 valence electrons. The second-order valence-corrected chi connectivity index (χ2v) is 13.8. The average molecular weight is 423 g/mol. The molecule has 0 radical (unpaired) electrons. The maximum Gasteiger partial charge on any atom is -0.00362 e. The molecule has 4 unspecified atom stereocenters. The lowest BCUT2D eigenvalue weighted by Gasteiger charge is -2.74. The molecule has 8 aliphatic carbocycles. The third-order valence-corrected chi connectivity index (χ3v) is 12.0. The monoisotopic (exact) mass is 422 g/mol. The first-order chi connectivity index (χ1) is 15.6. The Balaban J connectivity index is 1.25. The van der Waals surface area contributed by atoms with E-state index in [9.17, 15) is 0 Å². The minimum atomic E-state index is 0.495. The highest BCUT2D eigenvalue weighted by molar-refractivity contribution is 5.35. The van der Waals surface area contributed by atoms with Crippen LogP contribution in [0.25, 0.3) is 0 Å². The van der Waals surface area contributed by atoms with Gasteiger partial charge in [0.05, 0.1) is 0 Å². The van der Waals surface area contributed by atoms with Crippen LogP contribution in [0.1, 0.15) is 88.2 Å². The lowest BCUT2D eigenvalue weighted by molar-refractivity contribution is -0.212. The Hall–Kier alpha value is -1.56. The zero-order chi connectivity index (χ0) is 21.0. The van der Waals surface area contributed by atoms with Crippen LogP contribution in [0.15, 0.2) is 60.7 Å². The summed E-state index contributed by atoms with van der Waals surface area (Å²) >= 11 is 0. The van der Waals surface area contributed by atoms with E-state index in [2.05, 4.69) is 60.7 Å². The van der Waals surface area contributed by atoms with Crippen molar-refractivity contribution in [2.75, 3.05) is 0 Å². The van der Waals surface area contributed by atoms with E-state index in [0.717, 1.165) is 23.7 Å². The zero-order valence-electron chi connectivity index (χ0n) is 19.6. The fourth-order valence-electron chi connectivity index (χ4n) is 12.0. The summed E-state index contributed by atoms with van der Waals surface area (Å²) in [6.07, 6.45) is 18.4. The van der Waals surface area contributed by atoms with Crippen molar-refractivity contribution in [2.24, 2.45) is 34.5 Å². The molecule has 32 heavy (non-hydrogen) atoms. The van der Waals surface area contributed by atoms with Crippen LogP contribution in [0, 0.1) is 34.5 Å². The molecule has 0 nitrogen and oxygen atoms in total. The first kappa shape index (κ1) is 18.8. The standard InChI is InChI=1S/C32H38/c1-3-7-27(8-4-1)29-13-23-11-24(14-29)18-31(17-23,21-29)32-19-25-12-26(20-32)16-30(15-25,22-32)28-9-5-2-6-10-28/h1-10,23-26H,11-22H2. The van der Waals surface area contributed by atoms with Crippen molar-refractivity contribution in [3.05, 3.63) is 71.8 Å². The van der Waals surface area contributed by atoms with Crippen molar-refractivity contribution >= 4 is 0 Å². The third kappa shape index (κ3) is 2.35. The summed E-state index contributed by atoms with van der Waals surface area (Å²) in [6, 6.07) is 23.7. The van der Waals surface area contributed by atoms with E-state index in [0.29, 0.717) is 21.7 Å². The molecule has 0 heterocycles. The first-order valence-corrected chi connectivity index (χ1v) is 13.7. The van der Waals surface area contributed by atoms with Gasteiger partial charge in [-0.25, -0.2) is 0 Å². The Morgan fingerprint density at radius 2 is 0.781 bits per heavy atom. The summed E-state index contributed by atoms with van der Waals surface area (Å²) in [7, 11) is 0. The Morgan fingerprint density at radius 1 is 0.438 bits per heavy atom. The fourth-order valence-corrected chi connectivity index (χ4v) is 12.0. The van der Waals surface area contributed by atoms with Gasteiger partial charge in [-0.05, 0) is 134 Å². The average Bonchev–Trinajstić information content (AvgIpc) is 2.79. The number of rotatable bonds is 3. The van der Waals surface area contributed by atoms with Crippen molar-refractivity contribution < 1.29 is 0 Å². The van der Waals surface area contributed by atoms with Gasteiger partial charge in [0.25, 0.3) is 0 Å². The van der Waals surface area contributed by atoms with Crippen LogP contribution < -0.4 is 0 Å². The van der Waals surface area contributed by atoms with Gasteiger partial charge in [0.2, 0.25) is 0 Å². The molecule has 8 aliphatic rings. The topological polar surface area (TPSA) is 0 Å². The maximum atomic E-state index is 2.49. The molecule has 10 rings (SSSR count). The minimum absolute atomic E-state index is 0.495. The fraction of sp³-hybridized carbons (Fsp3) is 0.625. The van der Waals surface area contributed by atoms with Gasteiger partial charge in [-0.2, -0.15) is 0 Å². The van der Waals surface area contributed by atoms with Gasteiger partial charge >= 0.3 is 0 Å². The van der Waals surface area contributed by atoms with E-state index in [1.54, 1.807) is 49.7 Å². The molecule has 0 N–H and O–H groups in total. The SMILES string of the molecule is c1ccc(C23CC4CC(C2)CC(C25CC6CC(CC(c7ccccc7)(C6)C2)C5)(C4)C3)cc1. The summed E-state index contributed by atoms with van der Waals surface area (Å²) in [5.41, 5.74) is 5.64. The third-order valence-electron chi connectivity index (χ3n) is 12.0. The molecule has 8 saturated carbocycles. The Morgan fingerprint density at radius 3 is 1.12 bits per heavy atom. The molecule has 8 fully saturated rings. The summed E-state index contributed by atoms with van der Waals surface area (Å²) in [4.78, 5) is 0. The number of hydrogen-bond donors (Lipinski definition) is 0. The molecule has 8 bridgehead atoms. The second-order valence-electron chi connectivity index (χ2n) is 13.8. The molecular weight excluding hydrogens is 384 g/mol. The predicted molar refractivity (Wildman–Crippen MR) is 130 cm³/mol. The molecule has 0 saturated heterocycles. The van der Waals surface area contributed by atoms with E-state index in [1.165, 1.54) is 38.5 Å². The summed E-state index contributed by atoms with van der Waals surface area (Å²) in [6.45, 7) is 0. The molecule has 2 aromatic carbocycles. The van der Waals surface area contributed by atoms with E-state index in [-0.39, 0.29) is 0 Å². The van der Waals surface area contributed by atoms with Crippen LogP contribution in [0.4, 0.5) is 0 Å². The van der Waals surface area contributed by atoms with Crippen LogP contribution >= 0.6 is 0 Å². The number of benzene rings is 2. The molecule has 0 spiro atoms. The van der Waals surface area contributed by atoms with E-state index in [1.807, 2.05) is 0 Å². The molecule has 4 atom stereocenters. The second kappa shape index (κ2) is 6.11. The van der Waals surface area contributed by atoms with Crippen LogP contribution in [0.5, 0.6) is 0 Å². The smallest absolute Gasteiger partial charge is 0.00362 e. The Labute approximate surface area is 194 Å². The van der Waals surface area contributed by atoms with Crippen molar-refractivity contribution in [3.8, 4) is 0 Å².